The number of nitrogens with one attached hydrogen (secondary N) is 2. The maximum absolute atomic E-state index is 11.8. The Kier molecular flexibility index (Phi) is 4.50. The Morgan fingerprint density at radius 2 is 1.81 bits per heavy atom. The fourth-order valence-electron chi connectivity index (χ4n) is 1.89. The molecular weight excluding hydrogens is 270 g/mol. The van der Waals surface area contributed by atoms with E-state index in [2.05, 4.69) is 10.6 Å². The molecule has 0 atom stereocenters. The minimum absolute atomic E-state index is 0.136. The molecule has 0 unspecified atom stereocenters. The van der Waals surface area contributed by atoms with Crippen molar-refractivity contribution in [2.45, 2.75) is 13.5 Å². The molecular formula is C15H15N3O3. The minimum atomic E-state index is -0.531. The molecule has 0 fully saturated rings. The SMILES string of the molecule is Cc1ccccc1CNC(=O)Nc1ccccc1[N+](=O)[O-]. The van der Waals surface area contributed by atoms with E-state index in [1.807, 2.05) is 31.2 Å². The van der Waals surface area contributed by atoms with Crippen LogP contribution in [0.3, 0.4) is 0 Å². The molecule has 0 aliphatic rings. The fraction of sp³-hybridized carbons (Fsp3) is 0.133. The lowest BCUT2D eigenvalue weighted by molar-refractivity contribution is -0.383. The van der Waals surface area contributed by atoms with Crippen LogP contribution in [0, 0.1) is 17.0 Å². The van der Waals surface area contributed by atoms with E-state index in [0.717, 1.165) is 11.1 Å². The normalized spacial score (nSPS) is 9.95. The number of para-hydroxylation sites is 2. The van der Waals surface area contributed by atoms with E-state index in [9.17, 15) is 14.9 Å². The molecule has 21 heavy (non-hydrogen) atoms. The van der Waals surface area contributed by atoms with Crippen molar-refractivity contribution in [3.8, 4) is 0 Å². The number of amides is 2. The predicted octanol–water partition coefficient (Wildman–Crippen LogP) is 3.22. The first-order chi connectivity index (χ1) is 10.1. The van der Waals surface area contributed by atoms with Crippen LogP contribution in [0.5, 0.6) is 0 Å². The monoisotopic (exact) mass is 285 g/mol. The number of urea groups is 1. The lowest BCUT2D eigenvalue weighted by Crippen LogP contribution is -2.28. The molecule has 108 valence electrons. The van der Waals surface area contributed by atoms with E-state index < -0.39 is 11.0 Å². The number of benzene rings is 2. The van der Waals surface area contributed by atoms with Gasteiger partial charge in [0.1, 0.15) is 5.69 Å². The fourth-order valence-corrected chi connectivity index (χ4v) is 1.89. The van der Waals surface area contributed by atoms with Gasteiger partial charge in [0.05, 0.1) is 4.92 Å². The zero-order valence-electron chi connectivity index (χ0n) is 11.5. The molecule has 0 radical (unpaired) electrons. The van der Waals surface area contributed by atoms with Gasteiger partial charge in [-0.25, -0.2) is 4.79 Å². The van der Waals surface area contributed by atoms with Crippen molar-refractivity contribution in [2.75, 3.05) is 5.32 Å². The number of anilines is 1. The van der Waals surface area contributed by atoms with E-state index in [4.69, 9.17) is 0 Å². The average Bonchev–Trinajstić information content (AvgIpc) is 2.47. The molecule has 0 spiro atoms. The maximum atomic E-state index is 11.8. The number of nitrogens with zero attached hydrogens (tertiary/aromatic N) is 1. The molecule has 2 amide bonds. The van der Waals surface area contributed by atoms with Gasteiger partial charge in [-0.2, -0.15) is 0 Å². The molecule has 0 saturated carbocycles. The Hall–Kier alpha value is -2.89. The van der Waals surface area contributed by atoms with Gasteiger partial charge >= 0.3 is 6.03 Å². The first-order valence-electron chi connectivity index (χ1n) is 6.40. The maximum Gasteiger partial charge on any atom is 0.319 e. The van der Waals surface area contributed by atoms with Crippen molar-refractivity contribution < 1.29 is 9.72 Å². The van der Waals surface area contributed by atoms with Gasteiger partial charge in [0.25, 0.3) is 5.69 Å². The van der Waals surface area contributed by atoms with E-state index in [0.29, 0.717) is 6.54 Å². The van der Waals surface area contributed by atoms with Gasteiger partial charge in [-0.3, -0.25) is 10.1 Å². The number of carbonyl (C=O) groups excluding carboxylic acids is 1. The Bertz CT molecular complexity index is 671. The molecule has 0 aliphatic heterocycles. The lowest BCUT2D eigenvalue weighted by Gasteiger charge is -2.09. The Labute approximate surface area is 121 Å². The predicted molar refractivity (Wildman–Crippen MR) is 80.1 cm³/mol. The third kappa shape index (κ3) is 3.79. The van der Waals surface area contributed by atoms with Crippen molar-refractivity contribution in [2.24, 2.45) is 0 Å². The third-order valence-electron chi connectivity index (χ3n) is 3.05. The van der Waals surface area contributed by atoms with Crippen LogP contribution in [0.25, 0.3) is 0 Å². The summed E-state index contributed by atoms with van der Waals surface area (Å²) in [6.07, 6.45) is 0. The number of rotatable bonds is 4. The molecule has 6 heteroatoms. The van der Waals surface area contributed by atoms with E-state index in [1.165, 1.54) is 12.1 Å². The second kappa shape index (κ2) is 6.51. The van der Waals surface area contributed by atoms with Gasteiger partial charge < -0.3 is 10.6 Å². The zero-order valence-corrected chi connectivity index (χ0v) is 11.5. The second-order valence-corrected chi connectivity index (χ2v) is 4.51. The molecule has 2 aromatic carbocycles. The zero-order chi connectivity index (χ0) is 15.2. The Balaban J connectivity index is 2.00. The molecule has 2 rings (SSSR count). The molecule has 0 saturated heterocycles. The summed E-state index contributed by atoms with van der Waals surface area (Å²) in [5, 5.41) is 16.0. The van der Waals surface area contributed by atoms with Crippen LogP contribution >= 0.6 is 0 Å². The molecule has 0 heterocycles. The standard InChI is InChI=1S/C15H15N3O3/c1-11-6-2-3-7-12(11)10-16-15(19)17-13-8-4-5-9-14(13)18(20)21/h2-9H,10H2,1H3,(H2,16,17,19). The number of carbonyl (C=O) groups is 1. The van der Waals surface area contributed by atoms with E-state index >= 15 is 0 Å². The highest BCUT2D eigenvalue weighted by molar-refractivity contribution is 5.91. The van der Waals surface area contributed by atoms with Crippen LogP contribution in [0.1, 0.15) is 11.1 Å². The topological polar surface area (TPSA) is 84.3 Å². The quantitative estimate of drug-likeness (QED) is 0.668. The van der Waals surface area contributed by atoms with Crippen LogP contribution in [-0.4, -0.2) is 11.0 Å². The number of aryl methyl sites for hydroxylation is 1. The highest BCUT2D eigenvalue weighted by atomic mass is 16.6. The summed E-state index contributed by atoms with van der Waals surface area (Å²) < 4.78 is 0. The van der Waals surface area contributed by atoms with Crippen molar-refractivity contribution in [3.05, 3.63) is 69.8 Å². The molecule has 2 aromatic rings. The minimum Gasteiger partial charge on any atom is -0.334 e. The van der Waals surface area contributed by atoms with Crippen LogP contribution < -0.4 is 10.6 Å². The van der Waals surface area contributed by atoms with Gasteiger partial charge in [0.15, 0.2) is 0 Å². The molecule has 2 N–H and O–H groups in total. The molecule has 0 aliphatic carbocycles. The summed E-state index contributed by atoms with van der Waals surface area (Å²) >= 11 is 0. The average molecular weight is 285 g/mol. The van der Waals surface area contributed by atoms with E-state index in [1.54, 1.807) is 12.1 Å². The summed E-state index contributed by atoms with van der Waals surface area (Å²) in [6, 6.07) is 13.2. The van der Waals surface area contributed by atoms with E-state index in [-0.39, 0.29) is 11.4 Å². The summed E-state index contributed by atoms with van der Waals surface area (Å²) in [5.74, 6) is 0. The number of nitro benzene ring substituents is 1. The summed E-state index contributed by atoms with van der Waals surface area (Å²) in [4.78, 5) is 22.2. The first-order valence-corrected chi connectivity index (χ1v) is 6.40. The van der Waals surface area contributed by atoms with Crippen molar-refractivity contribution in [1.29, 1.82) is 0 Å². The number of nitro groups is 1. The van der Waals surface area contributed by atoms with Gasteiger partial charge in [-0.05, 0) is 24.1 Å². The van der Waals surface area contributed by atoms with Gasteiger partial charge in [-0.1, -0.05) is 36.4 Å². The van der Waals surface area contributed by atoms with Crippen LogP contribution in [-0.2, 0) is 6.54 Å². The third-order valence-corrected chi connectivity index (χ3v) is 3.05. The number of hydrogen-bond acceptors (Lipinski definition) is 3. The Morgan fingerprint density at radius 3 is 2.52 bits per heavy atom. The molecule has 0 aromatic heterocycles. The molecule has 6 nitrogen and oxygen atoms in total. The van der Waals surface area contributed by atoms with Crippen molar-refractivity contribution in [1.82, 2.24) is 5.32 Å². The summed E-state index contributed by atoms with van der Waals surface area (Å²) in [5.41, 5.74) is 2.10. The number of hydrogen-bond donors (Lipinski definition) is 2. The van der Waals surface area contributed by atoms with Crippen LogP contribution in [0.15, 0.2) is 48.5 Å². The highest BCUT2D eigenvalue weighted by Crippen LogP contribution is 2.22. The highest BCUT2D eigenvalue weighted by Gasteiger charge is 2.14. The lowest BCUT2D eigenvalue weighted by atomic mass is 10.1. The van der Waals surface area contributed by atoms with Crippen LogP contribution in [0.2, 0.25) is 0 Å². The smallest absolute Gasteiger partial charge is 0.319 e. The first kappa shape index (κ1) is 14.5. The largest absolute Gasteiger partial charge is 0.334 e. The summed E-state index contributed by atoms with van der Waals surface area (Å²) in [6.45, 7) is 2.32. The van der Waals surface area contributed by atoms with Gasteiger partial charge in [-0.15, -0.1) is 0 Å². The van der Waals surface area contributed by atoms with Crippen molar-refractivity contribution in [3.63, 3.8) is 0 Å². The van der Waals surface area contributed by atoms with Crippen LogP contribution in [0.4, 0.5) is 16.2 Å². The second-order valence-electron chi connectivity index (χ2n) is 4.51. The van der Waals surface area contributed by atoms with Gasteiger partial charge in [0, 0.05) is 12.6 Å². The summed E-state index contributed by atoms with van der Waals surface area (Å²) in [7, 11) is 0. The van der Waals surface area contributed by atoms with Crippen molar-refractivity contribution >= 4 is 17.4 Å². The molecule has 0 bridgehead atoms. The van der Waals surface area contributed by atoms with Gasteiger partial charge in [0.2, 0.25) is 0 Å². The Morgan fingerprint density at radius 1 is 1.14 bits per heavy atom.